The lowest BCUT2D eigenvalue weighted by atomic mass is 10.1. The molecule has 0 bridgehead atoms. The number of hydroxylamine groups is 2. The second-order valence-corrected chi connectivity index (χ2v) is 10.1. The fraction of sp³-hybridized carbons (Fsp3) is 0.556. The molecule has 1 aromatic rings. The third kappa shape index (κ3) is 6.68. The lowest BCUT2D eigenvalue weighted by Crippen LogP contribution is -2.54. The van der Waals surface area contributed by atoms with Gasteiger partial charge in [-0.25, -0.2) is 4.79 Å². The molecular weight excluding hydrogens is 404 g/mol. The molecule has 2 rings (SSSR count). The van der Waals surface area contributed by atoms with E-state index < -0.39 is 21.8 Å². The number of thioether (sulfide) groups is 1. The molecule has 2 amide bonds. The second kappa shape index (κ2) is 9.15. The summed E-state index contributed by atoms with van der Waals surface area (Å²) in [5, 5.41) is 3.56. The third-order valence-electron chi connectivity index (χ3n) is 3.70. The summed E-state index contributed by atoms with van der Waals surface area (Å²) in [7, 11) is -4.04. The molecule has 8 nitrogen and oxygen atoms in total. The van der Waals surface area contributed by atoms with Crippen molar-refractivity contribution in [2.75, 3.05) is 18.1 Å². The summed E-state index contributed by atoms with van der Waals surface area (Å²) in [4.78, 5) is 23.3. The van der Waals surface area contributed by atoms with Gasteiger partial charge in [-0.2, -0.15) is 25.2 Å². The number of hydrogen-bond donors (Lipinski definition) is 1. The van der Waals surface area contributed by atoms with Crippen molar-refractivity contribution in [2.24, 2.45) is 0 Å². The highest BCUT2D eigenvalue weighted by Crippen LogP contribution is 2.27. The van der Waals surface area contributed by atoms with Gasteiger partial charge < -0.3 is 10.1 Å². The maximum Gasteiger partial charge on any atom is 0.407 e. The highest BCUT2D eigenvalue weighted by atomic mass is 32.2. The first-order valence-corrected chi connectivity index (χ1v) is 11.4. The topological polar surface area (TPSA) is 102 Å². The molecule has 156 valence electrons. The van der Waals surface area contributed by atoms with Gasteiger partial charge in [-0.05, 0) is 39.8 Å². The highest BCUT2D eigenvalue weighted by Gasteiger charge is 2.40. The quantitative estimate of drug-likeness (QED) is 0.499. The van der Waals surface area contributed by atoms with Crippen molar-refractivity contribution in [1.82, 2.24) is 10.4 Å². The third-order valence-corrected chi connectivity index (χ3v) is 6.02. The number of benzene rings is 1. The van der Waals surface area contributed by atoms with Crippen molar-refractivity contribution in [1.29, 1.82) is 0 Å². The predicted octanol–water partition coefficient (Wildman–Crippen LogP) is 2.47. The molecule has 1 fully saturated rings. The molecule has 0 aromatic heterocycles. The van der Waals surface area contributed by atoms with Crippen molar-refractivity contribution >= 4 is 33.9 Å². The van der Waals surface area contributed by atoms with Crippen LogP contribution in [0, 0.1) is 6.92 Å². The van der Waals surface area contributed by atoms with E-state index in [1.54, 1.807) is 32.9 Å². The smallest absolute Gasteiger partial charge is 0.407 e. The molecule has 0 aliphatic carbocycles. The first kappa shape index (κ1) is 22.5. The van der Waals surface area contributed by atoms with Gasteiger partial charge in [0.15, 0.2) is 0 Å². The van der Waals surface area contributed by atoms with E-state index in [9.17, 15) is 18.0 Å². The fourth-order valence-electron chi connectivity index (χ4n) is 2.31. The number of nitrogens with one attached hydrogen (secondary N) is 1. The van der Waals surface area contributed by atoms with E-state index in [2.05, 4.69) is 5.32 Å². The van der Waals surface area contributed by atoms with Crippen LogP contribution in [-0.2, 0) is 23.9 Å². The summed E-state index contributed by atoms with van der Waals surface area (Å²) in [6.07, 6.45) is -0.253. The van der Waals surface area contributed by atoms with E-state index in [1.165, 1.54) is 23.9 Å². The minimum atomic E-state index is -4.04. The van der Waals surface area contributed by atoms with Crippen molar-refractivity contribution in [3.8, 4) is 0 Å². The molecule has 1 aromatic carbocycles. The van der Waals surface area contributed by atoms with Crippen LogP contribution in [0.3, 0.4) is 0 Å². The van der Waals surface area contributed by atoms with Gasteiger partial charge in [0.1, 0.15) is 5.60 Å². The minimum Gasteiger partial charge on any atom is -0.444 e. The van der Waals surface area contributed by atoms with Gasteiger partial charge >= 0.3 is 16.2 Å². The zero-order chi connectivity index (χ0) is 20.9. The van der Waals surface area contributed by atoms with Crippen LogP contribution in [0.4, 0.5) is 4.79 Å². The number of β-lactam (4-membered cyclic amide) rings is 1. The first-order chi connectivity index (χ1) is 13.0. The highest BCUT2D eigenvalue weighted by molar-refractivity contribution is 7.99. The Morgan fingerprint density at radius 1 is 1.29 bits per heavy atom. The minimum absolute atomic E-state index is 0.00534. The average Bonchev–Trinajstić information content (AvgIpc) is 2.57. The van der Waals surface area contributed by atoms with E-state index in [-0.39, 0.29) is 23.3 Å². The molecule has 10 heteroatoms. The molecule has 1 aliphatic rings. The van der Waals surface area contributed by atoms with Crippen LogP contribution < -0.4 is 5.32 Å². The van der Waals surface area contributed by atoms with Crippen molar-refractivity contribution in [2.45, 2.75) is 50.7 Å². The van der Waals surface area contributed by atoms with E-state index in [0.717, 1.165) is 10.6 Å². The maximum atomic E-state index is 12.3. The van der Waals surface area contributed by atoms with E-state index >= 15 is 0 Å². The summed E-state index contributed by atoms with van der Waals surface area (Å²) >= 11 is 1.49. The molecule has 1 N–H and O–H groups in total. The van der Waals surface area contributed by atoms with Gasteiger partial charge in [0.05, 0.1) is 17.4 Å². The molecule has 1 atom stereocenters. The summed E-state index contributed by atoms with van der Waals surface area (Å²) in [5.41, 5.74) is 0.373. The van der Waals surface area contributed by atoms with Gasteiger partial charge in [-0.3, -0.25) is 4.79 Å². The Bertz CT molecular complexity index is 802. The second-order valence-electron chi connectivity index (χ2n) is 7.42. The largest absolute Gasteiger partial charge is 0.444 e. The van der Waals surface area contributed by atoms with Crippen LogP contribution in [-0.4, -0.2) is 55.2 Å². The Balaban J connectivity index is 1.76. The number of carbonyl (C=O) groups excluding carboxylic acids is 2. The Kier molecular flexibility index (Phi) is 7.35. The van der Waals surface area contributed by atoms with Gasteiger partial charge in [0.25, 0.3) is 0 Å². The Morgan fingerprint density at radius 2 is 1.93 bits per heavy atom. The van der Waals surface area contributed by atoms with Crippen LogP contribution in [0.2, 0.25) is 0 Å². The zero-order valence-electron chi connectivity index (χ0n) is 16.4. The molecule has 0 saturated carbocycles. The Hall–Kier alpha value is -1.78. The van der Waals surface area contributed by atoms with Gasteiger partial charge in [-0.15, -0.1) is 4.28 Å². The van der Waals surface area contributed by atoms with Crippen LogP contribution in [0.25, 0.3) is 0 Å². The molecule has 1 heterocycles. The lowest BCUT2D eigenvalue weighted by molar-refractivity contribution is -0.185. The zero-order valence-corrected chi connectivity index (χ0v) is 18.1. The normalized spacial score (nSPS) is 17.2. The van der Waals surface area contributed by atoms with Crippen LogP contribution >= 0.6 is 11.8 Å². The van der Waals surface area contributed by atoms with Crippen molar-refractivity contribution in [3.05, 3.63) is 29.8 Å². The molecule has 0 spiro atoms. The van der Waals surface area contributed by atoms with Crippen LogP contribution in [0.1, 0.15) is 32.8 Å². The lowest BCUT2D eigenvalue weighted by Gasteiger charge is -2.37. The van der Waals surface area contributed by atoms with E-state index in [1.807, 2.05) is 6.92 Å². The molecule has 1 aliphatic heterocycles. The fourth-order valence-corrected chi connectivity index (χ4v) is 4.22. The predicted molar refractivity (Wildman–Crippen MR) is 106 cm³/mol. The maximum absolute atomic E-state index is 12.3. The van der Waals surface area contributed by atoms with Crippen LogP contribution in [0.15, 0.2) is 29.2 Å². The Morgan fingerprint density at radius 3 is 2.50 bits per heavy atom. The number of rotatable bonds is 8. The van der Waals surface area contributed by atoms with Gasteiger partial charge in [0, 0.05) is 18.1 Å². The monoisotopic (exact) mass is 430 g/mol. The summed E-state index contributed by atoms with van der Waals surface area (Å²) < 4.78 is 34.8. The van der Waals surface area contributed by atoms with Crippen molar-refractivity contribution in [3.63, 3.8) is 0 Å². The van der Waals surface area contributed by atoms with Gasteiger partial charge in [0.2, 0.25) is 5.91 Å². The van der Waals surface area contributed by atoms with Crippen molar-refractivity contribution < 1.29 is 27.0 Å². The summed E-state index contributed by atoms with van der Waals surface area (Å²) in [6, 6.07) is 5.90. The first-order valence-electron chi connectivity index (χ1n) is 8.86. The van der Waals surface area contributed by atoms with E-state index in [4.69, 9.17) is 9.02 Å². The number of ether oxygens (including phenoxy) is 1. The summed E-state index contributed by atoms with van der Waals surface area (Å²) in [5.74, 6) is 0.737. The molecular formula is C18H26N2O6S2. The number of aryl methyl sites for hydroxylation is 1. The summed E-state index contributed by atoms with van der Waals surface area (Å²) in [6.45, 7) is 7.61. The number of hydrogen-bond acceptors (Lipinski definition) is 7. The molecule has 28 heavy (non-hydrogen) atoms. The molecule has 0 radical (unpaired) electrons. The molecule has 1 unspecified atom stereocenters. The number of carbonyl (C=O) groups is 2. The molecule has 1 saturated heterocycles. The van der Waals surface area contributed by atoms with Crippen LogP contribution in [0.5, 0.6) is 0 Å². The standard InChI is InChI=1S/C18H26N2O6S2/c1-13-5-7-15(8-6-13)28(23,24)26-20-14(11-16(20)21)12-27-10-9-19-17(22)25-18(2,3)4/h5-8,14H,9-12H2,1-4H3,(H,19,22). The Labute approximate surface area is 170 Å². The van der Waals surface area contributed by atoms with E-state index in [0.29, 0.717) is 18.1 Å². The van der Waals surface area contributed by atoms with Gasteiger partial charge in [-0.1, -0.05) is 17.7 Å². The average molecular weight is 431 g/mol. The number of alkyl carbamates (subject to hydrolysis) is 1. The number of nitrogens with zero attached hydrogens (tertiary/aromatic N) is 1. The number of amides is 2. The SMILES string of the molecule is Cc1ccc(S(=O)(=O)ON2C(=O)CC2CSCCNC(=O)OC(C)(C)C)cc1.